The fourth-order valence-electron chi connectivity index (χ4n) is 4.19. The smallest absolute Gasteiger partial charge is 0.387 e. The molecule has 152 valence electrons. The van der Waals surface area contributed by atoms with Crippen LogP contribution in [0.5, 0.6) is 5.75 Å². The van der Waals surface area contributed by atoms with Gasteiger partial charge >= 0.3 is 6.61 Å². The van der Waals surface area contributed by atoms with Gasteiger partial charge in [0.15, 0.2) is 17.4 Å². The normalized spacial score (nSPS) is 31.1. The monoisotopic (exact) mass is 396 g/mol. The molecule has 27 heavy (non-hydrogen) atoms. The van der Waals surface area contributed by atoms with Gasteiger partial charge in [-0.25, -0.2) is 17.6 Å². The van der Waals surface area contributed by atoms with Crippen molar-refractivity contribution in [2.75, 3.05) is 6.61 Å². The van der Waals surface area contributed by atoms with Crippen LogP contribution in [0.25, 0.3) is 0 Å². The molecule has 1 aliphatic carbocycles. The molecule has 2 unspecified atom stereocenters. The van der Waals surface area contributed by atoms with E-state index in [1.807, 2.05) is 0 Å². The fraction of sp³-hybridized carbons (Fsp3) is 0.684. The van der Waals surface area contributed by atoms with E-state index in [4.69, 9.17) is 4.74 Å². The van der Waals surface area contributed by atoms with Gasteiger partial charge in [0.2, 0.25) is 0 Å². The van der Waals surface area contributed by atoms with E-state index < -0.39 is 48.0 Å². The van der Waals surface area contributed by atoms with E-state index >= 15 is 0 Å². The molecule has 1 heterocycles. The molecule has 1 aromatic rings. The average molecular weight is 396 g/mol. The topological polar surface area (TPSA) is 18.5 Å². The van der Waals surface area contributed by atoms with Crippen LogP contribution >= 0.6 is 0 Å². The first-order valence-electron chi connectivity index (χ1n) is 9.10. The zero-order valence-corrected chi connectivity index (χ0v) is 14.9. The standard InChI is InChI=1S/C19H22F6O2/c1-10-2-4-11(5-3-10)13-8-19(24,25)17(26-9-13)12-6-14(20)16(15(21)7-12)27-18(22)23/h6-7,10-11,13,17-18H,2-5,8-9H2,1H3. The molecule has 0 spiro atoms. The van der Waals surface area contributed by atoms with E-state index in [2.05, 4.69) is 11.7 Å². The number of halogens is 6. The number of ether oxygens (including phenoxy) is 2. The molecule has 1 saturated carbocycles. The SMILES string of the molecule is CC1CCC(C2COC(c3cc(F)c(OC(F)F)c(F)c3)C(F)(F)C2)CC1. The number of hydrogen-bond donors (Lipinski definition) is 0. The summed E-state index contributed by atoms with van der Waals surface area (Å²) in [6, 6.07) is 1.14. The van der Waals surface area contributed by atoms with Gasteiger partial charge in [-0.15, -0.1) is 0 Å². The molecule has 2 nitrogen and oxygen atoms in total. The number of benzene rings is 1. The molecule has 0 radical (unpaired) electrons. The maximum Gasteiger partial charge on any atom is 0.387 e. The second kappa shape index (κ2) is 7.89. The predicted molar refractivity (Wildman–Crippen MR) is 85.9 cm³/mol. The molecule has 1 aromatic carbocycles. The van der Waals surface area contributed by atoms with Crippen molar-refractivity contribution in [2.24, 2.45) is 17.8 Å². The van der Waals surface area contributed by atoms with E-state index in [0.717, 1.165) is 25.7 Å². The molecule has 1 saturated heterocycles. The largest absolute Gasteiger partial charge is 0.429 e. The molecule has 3 rings (SSSR count). The Bertz CT molecular complexity index is 635. The Labute approximate surface area is 153 Å². The lowest BCUT2D eigenvalue weighted by Crippen LogP contribution is -2.41. The second-order valence-electron chi connectivity index (χ2n) is 7.65. The molecule has 0 N–H and O–H groups in total. The van der Waals surface area contributed by atoms with Crippen molar-refractivity contribution in [3.8, 4) is 5.75 Å². The summed E-state index contributed by atoms with van der Waals surface area (Å²) in [5.41, 5.74) is -0.424. The highest BCUT2D eigenvalue weighted by molar-refractivity contribution is 5.33. The van der Waals surface area contributed by atoms with E-state index in [1.54, 1.807) is 0 Å². The van der Waals surface area contributed by atoms with Gasteiger partial charge in [-0.2, -0.15) is 8.78 Å². The van der Waals surface area contributed by atoms with Crippen LogP contribution in [0, 0.1) is 29.4 Å². The van der Waals surface area contributed by atoms with Crippen LogP contribution in [0.2, 0.25) is 0 Å². The lowest BCUT2D eigenvalue weighted by molar-refractivity contribution is -0.201. The first-order chi connectivity index (χ1) is 12.7. The van der Waals surface area contributed by atoms with Gasteiger partial charge in [0.05, 0.1) is 6.61 Å². The zero-order valence-electron chi connectivity index (χ0n) is 14.9. The molecule has 0 bridgehead atoms. The maximum atomic E-state index is 14.7. The maximum absolute atomic E-state index is 14.7. The highest BCUT2D eigenvalue weighted by Gasteiger charge is 2.49. The summed E-state index contributed by atoms with van der Waals surface area (Å²) < 4.78 is 90.6. The second-order valence-corrected chi connectivity index (χ2v) is 7.65. The minimum Gasteiger partial charge on any atom is -0.429 e. The van der Waals surface area contributed by atoms with E-state index in [9.17, 15) is 26.3 Å². The average Bonchev–Trinajstić information content (AvgIpc) is 2.57. The van der Waals surface area contributed by atoms with Crippen LogP contribution in [0.15, 0.2) is 12.1 Å². The third-order valence-electron chi connectivity index (χ3n) is 5.65. The van der Waals surface area contributed by atoms with Crippen LogP contribution < -0.4 is 4.74 Å². The highest BCUT2D eigenvalue weighted by Crippen LogP contribution is 2.48. The van der Waals surface area contributed by atoms with Gasteiger partial charge in [-0.1, -0.05) is 19.8 Å². The minimum absolute atomic E-state index is 0.0812. The molecular weight excluding hydrogens is 374 g/mol. The van der Waals surface area contributed by atoms with Gasteiger partial charge in [0, 0.05) is 6.42 Å². The van der Waals surface area contributed by atoms with Crippen molar-refractivity contribution >= 4 is 0 Å². The molecule has 0 aromatic heterocycles. The molecule has 2 aliphatic rings. The van der Waals surface area contributed by atoms with E-state index in [1.165, 1.54) is 0 Å². The number of rotatable bonds is 4. The minimum atomic E-state index is -3.42. The van der Waals surface area contributed by atoms with Crippen molar-refractivity contribution in [1.82, 2.24) is 0 Å². The van der Waals surface area contributed by atoms with Crippen LogP contribution in [-0.4, -0.2) is 19.1 Å². The quantitative estimate of drug-likeness (QED) is 0.572. The Morgan fingerprint density at radius 3 is 2.15 bits per heavy atom. The summed E-state index contributed by atoms with van der Waals surface area (Å²) in [5, 5.41) is 0. The van der Waals surface area contributed by atoms with Gasteiger partial charge in [0.1, 0.15) is 6.10 Å². The lowest BCUT2D eigenvalue weighted by atomic mass is 9.73. The van der Waals surface area contributed by atoms with E-state index in [0.29, 0.717) is 18.1 Å². The number of alkyl halides is 4. The zero-order chi connectivity index (χ0) is 19.8. The van der Waals surface area contributed by atoms with Crippen LogP contribution in [0.1, 0.15) is 50.7 Å². The highest BCUT2D eigenvalue weighted by atomic mass is 19.3. The fourth-order valence-corrected chi connectivity index (χ4v) is 4.19. The van der Waals surface area contributed by atoms with Crippen molar-refractivity contribution < 1.29 is 35.8 Å². The first-order valence-corrected chi connectivity index (χ1v) is 9.10. The Morgan fingerprint density at radius 1 is 1.04 bits per heavy atom. The third-order valence-corrected chi connectivity index (χ3v) is 5.65. The molecule has 2 atom stereocenters. The number of hydrogen-bond acceptors (Lipinski definition) is 2. The van der Waals surface area contributed by atoms with Crippen molar-refractivity contribution in [3.63, 3.8) is 0 Å². The summed E-state index contributed by atoms with van der Waals surface area (Å²) in [6.45, 7) is -1.20. The summed E-state index contributed by atoms with van der Waals surface area (Å²) in [5.74, 6) is -7.08. The lowest BCUT2D eigenvalue weighted by Gasteiger charge is -2.41. The molecule has 0 amide bonds. The Kier molecular flexibility index (Phi) is 5.93. The predicted octanol–water partition coefficient (Wildman–Crippen LogP) is 6.11. The molecule has 1 aliphatic heterocycles. The van der Waals surface area contributed by atoms with Gasteiger partial charge in [-0.05, 0) is 48.3 Å². The molecular formula is C19H22F6O2. The van der Waals surface area contributed by atoms with Crippen molar-refractivity contribution in [3.05, 3.63) is 29.3 Å². The molecule has 2 fully saturated rings. The van der Waals surface area contributed by atoms with Gasteiger partial charge in [-0.3, -0.25) is 0 Å². The van der Waals surface area contributed by atoms with Crippen molar-refractivity contribution in [1.29, 1.82) is 0 Å². The van der Waals surface area contributed by atoms with Crippen LogP contribution in [0.4, 0.5) is 26.3 Å². The first kappa shape index (κ1) is 20.3. The van der Waals surface area contributed by atoms with Gasteiger partial charge in [0.25, 0.3) is 5.92 Å². The van der Waals surface area contributed by atoms with Crippen molar-refractivity contribution in [2.45, 2.75) is 57.7 Å². The Balaban J connectivity index is 1.75. The van der Waals surface area contributed by atoms with Crippen LogP contribution in [0.3, 0.4) is 0 Å². The molecule has 8 heteroatoms. The summed E-state index contributed by atoms with van der Waals surface area (Å²) in [7, 11) is 0. The Morgan fingerprint density at radius 2 is 1.63 bits per heavy atom. The Hall–Kier alpha value is -1.44. The summed E-state index contributed by atoms with van der Waals surface area (Å²) in [6.07, 6.45) is 1.50. The summed E-state index contributed by atoms with van der Waals surface area (Å²) in [4.78, 5) is 0. The summed E-state index contributed by atoms with van der Waals surface area (Å²) >= 11 is 0. The third kappa shape index (κ3) is 4.52. The van der Waals surface area contributed by atoms with Crippen LogP contribution in [-0.2, 0) is 4.74 Å². The van der Waals surface area contributed by atoms with E-state index in [-0.39, 0.29) is 18.4 Å². The van der Waals surface area contributed by atoms with Gasteiger partial charge < -0.3 is 9.47 Å².